The zero-order valence-corrected chi connectivity index (χ0v) is 18.8. The van der Waals surface area contributed by atoms with Crippen LogP contribution in [0, 0.1) is 6.92 Å². The van der Waals surface area contributed by atoms with E-state index in [0.717, 1.165) is 5.56 Å². The molecule has 3 rings (SSSR count). The van der Waals surface area contributed by atoms with Gasteiger partial charge in [-0.25, -0.2) is 13.2 Å². The third kappa shape index (κ3) is 4.23. The van der Waals surface area contributed by atoms with Crippen LogP contribution in [0.3, 0.4) is 0 Å². The molecular weight excluding hydrogens is 426 g/mol. The second-order valence-electron chi connectivity index (χ2n) is 8.49. The third-order valence-electron chi connectivity index (χ3n) is 5.00. The van der Waals surface area contributed by atoms with E-state index in [-0.39, 0.29) is 4.90 Å². The van der Waals surface area contributed by atoms with E-state index in [1.165, 1.54) is 24.3 Å². The van der Waals surface area contributed by atoms with Gasteiger partial charge in [0.25, 0.3) is 0 Å². The maximum Gasteiger partial charge on any atom is 0.408 e. The molecule has 1 N–H and O–H groups in total. The maximum atomic E-state index is 13.4. The first-order chi connectivity index (χ1) is 13.9. The third-order valence-corrected chi connectivity index (χ3v) is 7.52. The number of amides is 1. The molecule has 2 aromatic carbocycles. The fourth-order valence-corrected chi connectivity index (χ4v) is 5.98. The predicted octanol–water partition coefficient (Wildman–Crippen LogP) is 4.05. The van der Waals surface area contributed by atoms with Crippen molar-refractivity contribution in [3.8, 4) is 0 Å². The number of hydrogen-bond donors (Lipinski definition) is 1. The smallest absolute Gasteiger partial charge is 0.408 e. The number of nitrogens with one attached hydrogen (secondary N) is 1. The Kier molecular flexibility index (Phi) is 5.73. The van der Waals surface area contributed by atoms with Crippen LogP contribution >= 0.6 is 11.6 Å². The summed E-state index contributed by atoms with van der Waals surface area (Å²) in [6.45, 7) is 6.97. The number of ether oxygens (including phenoxy) is 1. The molecule has 0 aliphatic heterocycles. The van der Waals surface area contributed by atoms with Crippen molar-refractivity contribution in [3.05, 3.63) is 64.7 Å². The van der Waals surface area contributed by atoms with E-state index < -0.39 is 38.2 Å². The van der Waals surface area contributed by atoms with Gasteiger partial charge in [0.1, 0.15) is 22.7 Å². The highest BCUT2D eigenvalue weighted by molar-refractivity contribution is 7.92. The van der Waals surface area contributed by atoms with Crippen molar-refractivity contribution < 1.29 is 22.7 Å². The Balaban J connectivity index is 2.04. The van der Waals surface area contributed by atoms with Crippen LogP contribution in [0.2, 0.25) is 5.02 Å². The molecule has 2 aromatic rings. The lowest BCUT2D eigenvalue weighted by Crippen LogP contribution is -2.45. The summed E-state index contributed by atoms with van der Waals surface area (Å²) < 4.78 is 32.1. The van der Waals surface area contributed by atoms with Crippen LogP contribution in [-0.4, -0.2) is 37.2 Å². The van der Waals surface area contributed by atoms with E-state index in [1.807, 2.05) is 19.1 Å². The number of alkyl carbamates (subject to hydrolysis) is 1. The molecule has 0 saturated heterocycles. The standard InChI is InChI=1S/C22H24ClNO5S/c1-14-5-7-15(8-6-14)18-19(30(27,28)17-11-9-16(23)10-12-17)22(18,13-25)24-20(26)29-21(2,3)4/h5-13,18-19H,1-4H3,(H,24,26). The molecule has 0 aromatic heterocycles. The molecule has 1 aliphatic rings. The molecule has 0 bridgehead atoms. The minimum Gasteiger partial charge on any atom is -0.444 e. The predicted molar refractivity (Wildman–Crippen MR) is 115 cm³/mol. The van der Waals surface area contributed by atoms with Gasteiger partial charge in [0.2, 0.25) is 0 Å². The van der Waals surface area contributed by atoms with Gasteiger partial charge in [-0.05, 0) is 57.5 Å². The van der Waals surface area contributed by atoms with Crippen molar-refractivity contribution in [1.29, 1.82) is 0 Å². The van der Waals surface area contributed by atoms with Crippen molar-refractivity contribution in [2.45, 2.75) is 54.9 Å². The first kappa shape index (κ1) is 22.3. The van der Waals surface area contributed by atoms with Gasteiger partial charge in [0, 0.05) is 10.9 Å². The van der Waals surface area contributed by atoms with E-state index >= 15 is 0 Å². The second kappa shape index (κ2) is 7.71. The average Bonchev–Trinajstić information content (AvgIpc) is 3.30. The van der Waals surface area contributed by atoms with Gasteiger partial charge in [-0.1, -0.05) is 41.4 Å². The van der Waals surface area contributed by atoms with Crippen LogP contribution in [0.5, 0.6) is 0 Å². The Hall–Kier alpha value is -2.38. The van der Waals surface area contributed by atoms with Crippen molar-refractivity contribution in [3.63, 3.8) is 0 Å². The number of sulfone groups is 1. The molecule has 3 atom stereocenters. The number of carbonyl (C=O) groups excluding carboxylic acids is 2. The Morgan fingerprint density at radius 1 is 1.10 bits per heavy atom. The lowest BCUT2D eigenvalue weighted by molar-refractivity contribution is -0.110. The number of aryl methyl sites for hydroxylation is 1. The van der Waals surface area contributed by atoms with E-state index in [4.69, 9.17) is 16.3 Å². The highest BCUT2D eigenvalue weighted by atomic mass is 35.5. The summed E-state index contributed by atoms with van der Waals surface area (Å²) >= 11 is 5.89. The van der Waals surface area contributed by atoms with Crippen molar-refractivity contribution in [1.82, 2.24) is 5.32 Å². The molecule has 160 valence electrons. The summed E-state index contributed by atoms with van der Waals surface area (Å²) in [4.78, 5) is 24.7. The van der Waals surface area contributed by atoms with E-state index in [1.54, 1.807) is 32.9 Å². The first-order valence-electron chi connectivity index (χ1n) is 9.44. The monoisotopic (exact) mass is 449 g/mol. The molecule has 6 nitrogen and oxygen atoms in total. The number of halogens is 1. The van der Waals surface area contributed by atoms with Gasteiger partial charge < -0.3 is 14.8 Å². The van der Waals surface area contributed by atoms with Crippen LogP contribution in [-0.2, 0) is 19.4 Å². The largest absolute Gasteiger partial charge is 0.444 e. The Morgan fingerprint density at radius 3 is 2.17 bits per heavy atom. The minimum atomic E-state index is -3.96. The average molecular weight is 450 g/mol. The minimum absolute atomic E-state index is 0.0312. The second-order valence-corrected chi connectivity index (χ2v) is 11.0. The zero-order chi connectivity index (χ0) is 22.3. The molecule has 0 spiro atoms. The maximum absolute atomic E-state index is 13.4. The SMILES string of the molecule is Cc1ccc(C2C(S(=O)(=O)c3ccc(Cl)cc3)C2(C=O)NC(=O)OC(C)(C)C)cc1. The van der Waals surface area contributed by atoms with Gasteiger partial charge in [-0.15, -0.1) is 0 Å². The van der Waals surface area contributed by atoms with Gasteiger partial charge in [-0.2, -0.15) is 0 Å². The number of hydrogen-bond acceptors (Lipinski definition) is 5. The fraction of sp³-hybridized carbons (Fsp3) is 0.364. The van der Waals surface area contributed by atoms with Gasteiger partial charge >= 0.3 is 6.09 Å². The van der Waals surface area contributed by atoms with Crippen LogP contribution in [0.15, 0.2) is 53.4 Å². The molecular formula is C22H24ClNO5S. The topological polar surface area (TPSA) is 89.5 Å². The van der Waals surface area contributed by atoms with E-state index in [9.17, 15) is 18.0 Å². The Labute approximate surface area is 181 Å². The summed E-state index contributed by atoms with van der Waals surface area (Å²) in [7, 11) is -3.96. The van der Waals surface area contributed by atoms with Gasteiger partial charge in [0.15, 0.2) is 9.84 Å². The molecule has 3 unspecified atom stereocenters. The first-order valence-corrected chi connectivity index (χ1v) is 11.4. The summed E-state index contributed by atoms with van der Waals surface area (Å²) in [6.07, 6.45) is -0.347. The summed E-state index contributed by atoms with van der Waals surface area (Å²) in [5.74, 6) is -0.746. The van der Waals surface area contributed by atoms with Crippen molar-refractivity contribution in [2.24, 2.45) is 0 Å². The Bertz CT molecular complexity index is 1060. The highest BCUT2D eigenvalue weighted by Gasteiger charge is 2.73. The number of carbonyl (C=O) groups is 2. The van der Waals surface area contributed by atoms with Gasteiger partial charge in [-0.3, -0.25) is 0 Å². The van der Waals surface area contributed by atoms with Crippen LogP contribution in [0.1, 0.15) is 37.8 Å². The lowest BCUT2D eigenvalue weighted by Gasteiger charge is -2.22. The molecule has 30 heavy (non-hydrogen) atoms. The fourth-order valence-electron chi connectivity index (χ4n) is 3.60. The number of aldehydes is 1. The van der Waals surface area contributed by atoms with Gasteiger partial charge in [0.05, 0.1) is 4.90 Å². The van der Waals surface area contributed by atoms with Crippen LogP contribution in [0.25, 0.3) is 0 Å². The molecule has 1 saturated carbocycles. The highest BCUT2D eigenvalue weighted by Crippen LogP contribution is 2.56. The van der Waals surface area contributed by atoms with Crippen molar-refractivity contribution >= 4 is 33.8 Å². The molecule has 0 heterocycles. The normalized spacial score (nSPS) is 23.5. The molecule has 1 fully saturated rings. The lowest BCUT2D eigenvalue weighted by atomic mass is 10.1. The zero-order valence-electron chi connectivity index (χ0n) is 17.2. The molecule has 1 amide bonds. The summed E-state index contributed by atoms with van der Waals surface area (Å²) in [5.41, 5.74) is -0.789. The summed E-state index contributed by atoms with van der Waals surface area (Å²) in [5, 5.41) is 1.77. The summed E-state index contributed by atoms with van der Waals surface area (Å²) in [6, 6.07) is 12.9. The number of rotatable bonds is 5. The van der Waals surface area contributed by atoms with Crippen LogP contribution in [0.4, 0.5) is 4.79 Å². The quantitative estimate of drug-likeness (QED) is 0.695. The van der Waals surface area contributed by atoms with E-state index in [0.29, 0.717) is 16.9 Å². The van der Waals surface area contributed by atoms with Crippen LogP contribution < -0.4 is 5.32 Å². The van der Waals surface area contributed by atoms with E-state index in [2.05, 4.69) is 5.32 Å². The molecule has 1 aliphatic carbocycles. The van der Waals surface area contributed by atoms with Crippen molar-refractivity contribution in [2.75, 3.05) is 0 Å². The molecule has 8 heteroatoms. The number of benzene rings is 2. The molecule has 0 radical (unpaired) electrons. The Morgan fingerprint density at radius 2 is 1.67 bits per heavy atom.